The summed E-state index contributed by atoms with van der Waals surface area (Å²) >= 11 is 3.62. The van der Waals surface area contributed by atoms with Crippen LogP contribution in [-0.4, -0.2) is 26.3 Å². The van der Waals surface area contributed by atoms with Gasteiger partial charge >= 0.3 is 0 Å². The molecule has 1 aromatic carbocycles. The van der Waals surface area contributed by atoms with Crippen LogP contribution in [0.1, 0.15) is 12.5 Å². The molecule has 82 valence electrons. The zero-order valence-corrected chi connectivity index (χ0v) is 10.6. The van der Waals surface area contributed by atoms with E-state index in [9.17, 15) is 0 Å². The van der Waals surface area contributed by atoms with Gasteiger partial charge in [0.05, 0.1) is 13.2 Å². The van der Waals surface area contributed by atoms with E-state index in [2.05, 4.69) is 46.0 Å². The number of anilines is 1. The number of halogens is 1. The molecule has 0 atom stereocenters. The topological polar surface area (TPSA) is 12.5 Å². The van der Waals surface area contributed by atoms with Crippen LogP contribution in [0.15, 0.2) is 22.7 Å². The summed E-state index contributed by atoms with van der Waals surface area (Å²) in [6.07, 6.45) is 1.07. The number of hydrogen-bond donors (Lipinski definition) is 0. The summed E-state index contributed by atoms with van der Waals surface area (Å²) in [6, 6.07) is 6.62. The summed E-state index contributed by atoms with van der Waals surface area (Å²) in [5.74, 6) is 0. The smallest absolute Gasteiger partial charge is 0.0642 e. The molecule has 3 heteroatoms. The Morgan fingerprint density at radius 2 is 2.07 bits per heavy atom. The van der Waals surface area contributed by atoms with Gasteiger partial charge in [0, 0.05) is 23.2 Å². The third-order valence-electron chi connectivity index (χ3n) is 2.79. The largest absolute Gasteiger partial charge is 0.378 e. The van der Waals surface area contributed by atoms with Gasteiger partial charge in [-0.25, -0.2) is 0 Å². The number of aryl methyl sites for hydroxylation is 1. The fraction of sp³-hybridized carbons (Fsp3) is 0.500. The maximum atomic E-state index is 5.34. The molecule has 2 nitrogen and oxygen atoms in total. The van der Waals surface area contributed by atoms with Crippen molar-refractivity contribution in [3.8, 4) is 0 Å². The maximum Gasteiger partial charge on any atom is 0.0642 e. The molecule has 0 saturated carbocycles. The Morgan fingerprint density at radius 1 is 1.33 bits per heavy atom. The van der Waals surface area contributed by atoms with Crippen LogP contribution < -0.4 is 4.90 Å². The number of nitrogens with zero attached hydrogens (tertiary/aromatic N) is 1. The first kappa shape index (κ1) is 11.0. The van der Waals surface area contributed by atoms with Crippen LogP contribution in [0, 0.1) is 0 Å². The highest BCUT2D eigenvalue weighted by molar-refractivity contribution is 9.10. The van der Waals surface area contributed by atoms with Crippen molar-refractivity contribution in [3.63, 3.8) is 0 Å². The van der Waals surface area contributed by atoms with Crippen molar-refractivity contribution < 1.29 is 4.74 Å². The van der Waals surface area contributed by atoms with Gasteiger partial charge in [-0.1, -0.05) is 28.9 Å². The molecule has 0 amide bonds. The average molecular weight is 270 g/mol. The Labute approximate surface area is 99.4 Å². The van der Waals surface area contributed by atoms with E-state index in [1.807, 2.05) is 0 Å². The van der Waals surface area contributed by atoms with Crippen LogP contribution in [0.2, 0.25) is 0 Å². The molecule has 0 aromatic heterocycles. The Balaban J connectivity index is 2.17. The lowest BCUT2D eigenvalue weighted by atomic mass is 10.1. The predicted molar refractivity (Wildman–Crippen MR) is 66.6 cm³/mol. The molecule has 0 radical (unpaired) electrons. The van der Waals surface area contributed by atoms with Gasteiger partial charge in [0.15, 0.2) is 0 Å². The highest BCUT2D eigenvalue weighted by Crippen LogP contribution is 2.25. The number of benzene rings is 1. The standard InChI is InChI=1S/C12H16BrNO/c1-2-10-3-4-11(9-12(10)13)14-5-7-15-8-6-14/h3-4,9H,2,5-8H2,1H3. The molecule has 0 spiro atoms. The van der Waals surface area contributed by atoms with Crippen molar-refractivity contribution in [2.24, 2.45) is 0 Å². The summed E-state index contributed by atoms with van der Waals surface area (Å²) < 4.78 is 6.56. The summed E-state index contributed by atoms with van der Waals surface area (Å²) in [6.45, 7) is 5.85. The summed E-state index contributed by atoms with van der Waals surface area (Å²) in [5, 5.41) is 0. The molecule has 15 heavy (non-hydrogen) atoms. The maximum absolute atomic E-state index is 5.34. The molecule has 1 fully saturated rings. The summed E-state index contributed by atoms with van der Waals surface area (Å²) in [7, 11) is 0. The van der Waals surface area contributed by atoms with Crippen LogP contribution in [0.25, 0.3) is 0 Å². The second kappa shape index (κ2) is 4.99. The quantitative estimate of drug-likeness (QED) is 0.819. The Morgan fingerprint density at radius 3 is 2.67 bits per heavy atom. The van der Waals surface area contributed by atoms with Gasteiger partial charge in [-0.2, -0.15) is 0 Å². The second-order valence-corrected chi connectivity index (χ2v) is 4.58. The number of rotatable bonds is 2. The highest BCUT2D eigenvalue weighted by Gasteiger charge is 2.11. The zero-order chi connectivity index (χ0) is 10.7. The Kier molecular flexibility index (Phi) is 3.65. The minimum absolute atomic E-state index is 0.840. The number of ether oxygens (including phenoxy) is 1. The second-order valence-electron chi connectivity index (χ2n) is 3.73. The molecule has 0 bridgehead atoms. The van der Waals surface area contributed by atoms with Gasteiger partial charge in [0.25, 0.3) is 0 Å². The van der Waals surface area contributed by atoms with E-state index >= 15 is 0 Å². The molecule has 0 unspecified atom stereocenters. The molecule has 0 N–H and O–H groups in total. The first-order valence-electron chi connectivity index (χ1n) is 5.42. The van der Waals surface area contributed by atoms with Gasteiger partial charge in [-0.05, 0) is 24.1 Å². The molecular weight excluding hydrogens is 254 g/mol. The number of hydrogen-bond acceptors (Lipinski definition) is 2. The van der Waals surface area contributed by atoms with Crippen molar-refractivity contribution in [3.05, 3.63) is 28.2 Å². The molecule has 1 aliphatic heterocycles. The van der Waals surface area contributed by atoms with Crippen LogP contribution in [0.3, 0.4) is 0 Å². The van der Waals surface area contributed by atoms with Crippen LogP contribution in [-0.2, 0) is 11.2 Å². The van der Waals surface area contributed by atoms with E-state index in [0.29, 0.717) is 0 Å². The fourth-order valence-corrected chi connectivity index (χ4v) is 2.49. The lowest BCUT2D eigenvalue weighted by molar-refractivity contribution is 0.122. The monoisotopic (exact) mass is 269 g/mol. The lowest BCUT2D eigenvalue weighted by Crippen LogP contribution is -2.36. The van der Waals surface area contributed by atoms with E-state index in [4.69, 9.17) is 4.74 Å². The van der Waals surface area contributed by atoms with Crippen LogP contribution in [0.4, 0.5) is 5.69 Å². The summed E-state index contributed by atoms with van der Waals surface area (Å²) in [5.41, 5.74) is 2.66. The first-order valence-corrected chi connectivity index (χ1v) is 6.21. The molecular formula is C12H16BrNO. The summed E-state index contributed by atoms with van der Waals surface area (Å²) in [4.78, 5) is 2.37. The predicted octanol–water partition coefficient (Wildman–Crippen LogP) is 2.85. The fourth-order valence-electron chi connectivity index (χ4n) is 1.84. The van der Waals surface area contributed by atoms with E-state index in [0.717, 1.165) is 32.7 Å². The van der Waals surface area contributed by atoms with E-state index in [-0.39, 0.29) is 0 Å². The van der Waals surface area contributed by atoms with E-state index < -0.39 is 0 Å². The zero-order valence-electron chi connectivity index (χ0n) is 9.00. The van der Waals surface area contributed by atoms with Crippen LogP contribution in [0.5, 0.6) is 0 Å². The normalized spacial score (nSPS) is 16.8. The van der Waals surface area contributed by atoms with E-state index in [1.54, 1.807) is 0 Å². The van der Waals surface area contributed by atoms with Gasteiger partial charge in [-0.15, -0.1) is 0 Å². The molecule has 2 rings (SSSR count). The molecule has 1 aliphatic rings. The highest BCUT2D eigenvalue weighted by atomic mass is 79.9. The molecule has 1 aromatic rings. The van der Waals surface area contributed by atoms with E-state index in [1.165, 1.54) is 15.7 Å². The van der Waals surface area contributed by atoms with Crippen molar-refractivity contribution in [1.29, 1.82) is 0 Å². The van der Waals surface area contributed by atoms with Gasteiger partial charge in [-0.3, -0.25) is 0 Å². The first-order chi connectivity index (χ1) is 7.31. The van der Waals surface area contributed by atoms with Crippen molar-refractivity contribution >= 4 is 21.6 Å². The molecule has 0 aliphatic carbocycles. The Bertz CT molecular complexity index is 334. The SMILES string of the molecule is CCc1ccc(N2CCOCC2)cc1Br. The third-order valence-corrected chi connectivity index (χ3v) is 3.53. The van der Waals surface area contributed by atoms with Gasteiger partial charge in [0.1, 0.15) is 0 Å². The number of morpholine rings is 1. The minimum Gasteiger partial charge on any atom is -0.378 e. The Hall–Kier alpha value is -0.540. The van der Waals surface area contributed by atoms with Crippen molar-refractivity contribution in [2.45, 2.75) is 13.3 Å². The van der Waals surface area contributed by atoms with Crippen LogP contribution >= 0.6 is 15.9 Å². The third kappa shape index (κ3) is 2.52. The van der Waals surface area contributed by atoms with Crippen molar-refractivity contribution in [2.75, 3.05) is 31.2 Å². The van der Waals surface area contributed by atoms with Crippen molar-refractivity contribution in [1.82, 2.24) is 0 Å². The lowest BCUT2D eigenvalue weighted by Gasteiger charge is -2.29. The van der Waals surface area contributed by atoms with Gasteiger partial charge < -0.3 is 9.64 Å². The molecule has 1 heterocycles. The van der Waals surface area contributed by atoms with Gasteiger partial charge in [0.2, 0.25) is 0 Å². The molecule has 1 saturated heterocycles. The minimum atomic E-state index is 0.840. The average Bonchev–Trinajstić information content (AvgIpc) is 2.30.